The fourth-order valence-corrected chi connectivity index (χ4v) is 5.58. The van der Waals surface area contributed by atoms with Crippen molar-refractivity contribution in [1.29, 1.82) is 0 Å². The molecule has 4 atom stereocenters. The second kappa shape index (κ2) is 7.11. The predicted molar refractivity (Wildman–Crippen MR) is 94.0 cm³/mol. The molecule has 0 saturated carbocycles. The van der Waals surface area contributed by atoms with Crippen LogP contribution in [0.5, 0.6) is 0 Å². The van der Waals surface area contributed by atoms with E-state index in [1.165, 1.54) is 9.80 Å². The summed E-state index contributed by atoms with van der Waals surface area (Å²) in [5.41, 5.74) is 0. The number of halogens is 2. The third-order valence-corrected chi connectivity index (χ3v) is 6.99. The first-order valence-corrected chi connectivity index (χ1v) is 11.2. The monoisotopic (exact) mass is 442 g/mol. The largest absolute Gasteiger partial charge is 0.442 e. The van der Waals surface area contributed by atoms with E-state index in [1.807, 2.05) is 0 Å². The molecule has 0 aliphatic carbocycles. The van der Waals surface area contributed by atoms with Gasteiger partial charge >= 0.3 is 22.5 Å². The average Bonchev–Trinajstić information content (AvgIpc) is 3.03. The van der Waals surface area contributed by atoms with Crippen molar-refractivity contribution in [1.82, 2.24) is 19.9 Å². The Morgan fingerprint density at radius 2 is 1.22 bits per heavy atom. The normalized spacial score (nSPS) is 33.4. The maximum atomic E-state index is 12.4. The van der Waals surface area contributed by atoms with E-state index in [9.17, 15) is 18.0 Å². The number of urea groups is 2. The van der Waals surface area contributed by atoms with Crippen LogP contribution in [0.1, 0.15) is 25.7 Å². The van der Waals surface area contributed by atoms with Crippen LogP contribution in [0, 0.1) is 0 Å². The van der Waals surface area contributed by atoms with Crippen molar-refractivity contribution in [3.05, 3.63) is 0 Å². The molecule has 4 unspecified atom stereocenters. The predicted octanol–water partition coefficient (Wildman–Crippen LogP) is 1.11. The number of hydrogen-bond donors (Lipinski definition) is 0. The molecule has 4 amide bonds. The lowest BCUT2D eigenvalue weighted by molar-refractivity contribution is -0.0841. The van der Waals surface area contributed by atoms with E-state index in [1.54, 1.807) is 0 Å². The first-order valence-electron chi connectivity index (χ1n) is 8.80. The van der Waals surface area contributed by atoms with Gasteiger partial charge in [-0.05, 0) is 25.7 Å². The van der Waals surface area contributed by atoms with Crippen LogP contribution in [0.2, 0.25) is 0 Å². The lowest BCUT2D eigenvalue weighted by Gasteiger charge is -2.28. The standard InChI is InChI=1S/C14H20Cl2N4O6S/c15-5-9-1-3-11-7-17(9)13(21)19(11)25-27(23,24)26-20-12-4-2-10(6-16)18(8-12)14(20)22/h9-12H,1-8H2. The molecule has 0 aromatic heterocycles. The summed E-state index contributed by atoms with van der Waals surface area (Å²) in [6.45, 7) is 0.699. The molecule has 0 aromatic rings. The van der Waals surface area contributed by atoms with Crippen LogP contribution in [0.3, 0.4) is 0 Å². The lowest BCUT2D eigenvalue weighted by Crippen LogP contribution is -2.41. The minimum Gasteiger partial charge on any atom is -0.316 e. The molecular formula is C14H20Cl2N4O6S. The molecule has 4 bridgehead atoms. The Balaban J connectivity index is 1.44. The van der Waals surface area contributed by atoms with Crippen molar-refractivity contribution in [2.45, 2.75) is 49.9 Å². The number of carbonyl (C=O) groups is 2. The van der Waals surface area contributed by atoms with Gasteiger partial charge in [-0.25, -0.2) is 9.59 Å². The maximum Gasteiger partial charge on any atom is 0.442 e. The highest BCUT2D eigenvalue weighted by Crippen LogP contribution is 2.34. The molecule has 0 radical (unpaired) electrons. The number of alkyl halides is 2. The van der Waals surface area contributed by atoms with Gasteiger partial charge in [-0.1, -0.05) is 0 Å². The Morgan fingerprint density at radius 1 is 0.815 bits per heavy atom. The first-order chi connectivity index (χ1) is 12.8. The third kappa shape index (κ3) is 3.33. The van der Waals surface area contributed by atoms with Crippen LogP contribution in [-0.4, -0.2) is 89.4 Å². The number of amides is 4. The van der Waals surface area contributed by atoms with Gasteiger partial charge in [0.25, 0.3) is 0 Å². The highest BCUT2D eigenvalue weighted by molar-refractivity contribution is 7.81. The minimum absolute atomic E-state index is 0.146. The van der Waals surface area contributed by atoms with Gasteiger partial charge < -0.3 is 9.80 Å². The number of hydroxylamine groups is 4. The van der Waals surface area contributed by atoms with Gasteiger partial charge in [-0.15, -0.1) is 31.8 Å². The van der Waals surface area contributed by atoms with E-state index in [-0.39, 0.29) is 23.8 Å². The Bertz CT molecular complexity index is 685. The Labute approximate surface area is 167 Å². The van der Waals surface area contributed by atoms with Gasteiger partial charge in [0.15, 0.2) is 0 Å². The van der Waals surface area contributed by atoms with Gasteiger partial charge in [0.2, 0.25) is 0 Å². The summed E-state index contributed by atoms with van der Waals surface area (Å²) in [7, 11) is -4.65. The smallest absolute Gasteiger partial charge is 0.316 e. The van der Waals surface area contributed by atoms with Crippen molar-refractivity contribution in [3.8, 4) is 0 Å². The molecule has 0 spiro atoms. The number of piperidine rings is 2. The summed E-state index contributed by atoms with van der Waals surface area (Å²) >= 11 is 11.7. The average molecular weight is 443 g/mol. The van der Waals surface area contributed by atoms with Crippen LogP contribution >= 0.6 is 23.2 Å². The molecule has 152 valence electrons. The Hall–Kier alpha value is -1.01. The van der Waals surface area contributed by atoms with Gasteiger partial charge in [0.1, 0.15) is 0 Å². The van der Waals surface area contributed by atoms with Crippen LogP contribution in [-0.2, 0) is 19.0 Å². The van der Waals surface area contributed by atoms with Gasteiger partial charge in [-0.3, -0.25) is 0 Å². The number of fused-ring (bicyclic) bond motifs is 4. The fourth-order valence-electron chi connectivity index (χ4n) is 4.15. The maximum absolute atomic E-state index is 12.4. The first kappa shape index (κ1) is 19.3. The second-order valence-corrected chi connectivity index (χ2v) is 8.89. The topological polar surface area (TPSA) is 99.7 Å². The zero-order chi connectivity index (χ0) is 19.3. The molecule has 4 aliphatic rings. The molecular weight excluding hydrogens is 423 g/mol. The van der Waals surface area contributed by atoms with E-state index >= 15 is 0 Å². The quantitative estimate of drug-likeness (QED) is 0.571. The Kier molecular flexibility index (Phi) is 5.08. The van der Waals surface area contributed by atoms with Crippen LogP contribution in [0.25, 0.3) is 0 Å². The molecule has 0 aromatic carbocycles. The minimum atomic E-state index is -4.65. The van der Waals surface area contributed by atoms with Crippen molar-refractivity contribution in [3.63, 3.8) is 0 Å². The highest BCUT2D eigenvalue weighted by Gasteiger charge is 2.50. The van der Waals surface area contributed by atoms with Crippen molar-refractivity contribution >= 4 is 45.7 Å². The Morgan fingerprint density at radius 3 is 1.59 bits per heavy atom. The molecule has 10 nitrogen and oxygen atoms in total. The van der Waals surface area contributed by atoms with Crippen LogP contribution < -0.4 is 0 Å². The summed E-state index contributed by atoms with van der Waals surface area (Å²) < 4.78 is 34.7. The van der Waals surface area contributed by atoms with Gasteiger partial charge in [0, 0.05) is 36.9 Å². The fraction of sp³-hybridized carbons (Fsp3) is 0.857. The van der Waals surface area contributed by atoms with E-state index in [2.05, 4.69) is 0 Å². The summed E-state index contributed by atoms with van der Waals surface area (Å²) in [6, 6.07) is -2.21. The summed E-state index contributed by atoms with van der Waals surface area (Å²) in [5, 5.41) is 1.63. The number of rotatable bonds is 6. The number of carbonyl (C=O) groups excluding carboxylic acids is 2. The van der Waals surface area contributed by atoms with Crippen molar-refractivity contribution in [2.75, 3.05) is 24.8 Å². The van der Waals surface area contributed by atoms with Crippen LogP contribution in [0.4, 0.5) is 9.59 Å². The van der Waals surface area contributed by atoms with Gasteiger partial charge in [-0.2, -0.15) is 18.5 Å². The van der Waals surface area contributed by atoms with Crippen LogP contribution in [0.15, 0.2) is 0 Å². The SMILES string of the molecule is O=C1N2CC(CCC2CCl)N1OS(=O)(=O)ON1C(=O)N2CC1CCC2CCl. The van der Waals surface area contributed by atoms with Crippen molar-refractivity contribution < 1.29 is 26.6 Å². The summed E-state index contributed by atoms with van der Waals surface area (Å²) in [6.07, 6.45) is 2.49. The zero-order valence-corrected chi connectivity index (χ0v) is 16.7. The molecule has 4 fully saturated rings. The molecule has 13 heteroatoms. The summed E-state index contributed by atoms with van der Waals surface area (Å²) in [4.78, 5) is 27.9. The zero-order valence-electron chi connectivity index (χ0n) is 14.4. The van der Waals surface area contributed by atoms with Crippen molar-refractivity contribution in [2.24, 2.45) is 0 Å². The van der Waals surface area contributed by atoms with E-state index in [4.69, 9.17) is 31.8 Å². The molecule has 4 rings (SSSR count). The molecule has 27 heavy (non-hydrogen) atoms. The molecule has 4 aliphatic heterocycles. The molecule has 4 saturated heterocycles. The third-order valence-electron chi connectivity index (χ3n) is 5.59. The number of nitrogens with zero attached hydrogens (tertiary/aromatic N) is 4. The molecule has 0 N–H and O–H groups in total. The highest BCUT2D eigenvalue weighted by atomic mass is 35.5. The number of hydrogen-bond acceptors (Lipinski definition) is 6. The van der Waals surface area contributed by atoms with Gasteiger partial charge in [0.05, 0.1) is 12.1 Å². The van der Waals surface area contributed by atoms with E-state index in [0.29, 0.717) is 38.8 Å². The van der Waals surface area contributed by atoms with E-state index < -0.39 is 34.5 Å². The second-order valence-electron chi connectivity index (χ2n) is 7.16. The lowest BCUT2D eigenvalue weighted by atomic mass is 10.0. The van der Waals surface area contributed by atoms with E-state index in [0.717, 1.165) is 10.1 Å². The summed E-state index contributed by atoms with van der Waals surface area (Å²) in [5.74, 6) is 0.550. The molecule has 4 heterocycles.